The molecule has 9 nitrogen and oxygen atoms in total. The average Bonchev–Trinajstić information content (AvgIpc) is 3.29. The lowest BCUT2D eigenvalue weighted by Gasteiger charge is -2.12. The van der Waals surface area contributed by atoms with Gasteiger partial charge in [-0.15, -0.1) is 0 Å². The molecule has 0 spiro atoms. The fraction of sp³-hybridized carbons (Fsp3) is 0.192. The molecule has 4 heterocycles. The van der Waals surface area contributed by atoms with Crippen molar-refractivity contribution in [3.63, 3.8) is 0 Å². The van der Waals surface area contributed by atoms with E-state index in [0.29, 0.717) is 29.4 Å². The summed E-state index contributed by atoms with van der Waals surface area (Å²) in [5.74, 6) is -0.0642. The Kier molecular flexibility index (Phi) is 6.57. The number of carbonyl (C=O) groups is 1. The molecule has 0 saturated carbocycles. The third kappa shape index (κ3) is 4.19. The Bertz CT molecular complexity index is 1700. The second-order valence-electron chi connectivity index (χ2n) is 8.46. The minimum absolute atomic E-state index is 0.190. The SMILES string of the molecule is CCCNc1nc2ccccn2c(=O)c1/C=C1/SC(=S)N(c2c(C)n(C)n(-c3ccccc3)c2=O)C1=O. The molecule has 0 bridgehead atoms. The zero-order valence-corrected chi connectivity index (χ0v) is 22.1. The van der Waals surface area contributed by atoms with E-state index in [1.165, 1.54) is 20.1 Å². The summed E-state index contributed by atoms with van der Waals surface area (Å²) in [6.07, 6.45) is 3.98. The van der Waals surface area contributed by atoms with Gasteiger partial charge in [0.2, 0.25) is 0 Å². The predicted octanol–water partition coefficient (Wildman–Crippen LogP) is 3.72. The summed E-state index contributed by atoms with van der Waals surface area (Å²) in [5.41, 5.74) is 1.53. The number of nitrogens with one attached hydrogen (secondary N) is 1. The largest absolute Gasteiger partial charge is 0.369 e. The van der Waals surface area contributed by atoms with Crippen LogP contribution in [0.5, 0.6) is 0 Å². The van der Waals surface area contributed by atoms with E-state index in [1.54, 1.807) is 43.0 Å². The van der Waals surface area contributed by atoms with Gasteiger partial charge >= 0.3 is 0 Å². The van der Waals surface area contributed by atoms with Crippen LogP contribution in [-0.2, 0) is 11.8 Å². The van der Waals surface area contributed by atoms with Gasteiger partial charge in [0.1, 0.15) is 17.2 Å². The molecule has 0 aliphatic carbocycles. The minimum atomic E-state index is -0.458. The van der Waals surface area contributed by atoms with Crippen molar-refractivity contribution in [2.45, 2.75) is 20.3 Å². The molecular weight excluding hydrogens is 508 g/mol. The third-order valence-electron chi connectivity index (χ3n) is 6.13. The van der Waals surface area contributed by atoms with E-state index in [2.05, 4.69) is 10.3 Å². The van der Waals surface area contributed by atoms with Crippen molar-refractivity contribution in [1.29, 1.82) is 0 Å². The standard InChI is InChI=1S/C26H24N6O3S2/c1-4-13-27-22-18(23(33)30-14-9-8-12-20(30)28-22)15-19-24(34)31(26(36)37-19)21-16(2)29(3)32(25(21)35)17-10-6-5-7-11-17/h5-12,14-15,27H,4,13H2,1-3H3/b19-15+. The van der Waals surface area contributed by atoms with Crippen LogP contribution in [0.4, 0.5) is 11.5 Å². The number of benzene rings is 1. The van der Waals surface area contributed by atoms with Gasteiger partial charge in [-0.1, -0.05) is 55.2 Å². The molecule has 188 valence electrons. The molecule has 37 heavy (non-hydrogen) atoms. The number of amides is 1. The lowest BCUT2D eigenvalue weighted by atomic mass is 10.2. The number of thioether (sulfide) groups is 1. The number of thiocarbonyl (C=S) groups is 1. The van der Waals surface area contributed by atoms with Crippen LogP contribution in [0.25, 0.3) is 17.4 Å². The summed E-state index contributed by atoms with van der Waals surface area (Å²) < 4.78 is 4.85. The van der Waals surface area contributed by atoms with Crippen LogP contribution in [0.2, 0.25) is 0 Å². The van der Waals surface area contributed by atoms with E-state index in [9.17, 15) is 14.4 Å². The van der Waals surface area contributed by atoms with E-state index in [1.807, 2.05) is 37.3 Å². The zero-order valence-electron chi connectivity index (χ0n) is 20.5. The molecule has 5 rings (SSSR count). The minimum Gasteiger partial charge on any atom is -0.369 e. The fourth-order valence-corrected chi connectivity index (χ4v) is 5.47. The normalized spacial score (nSPS) is 14.8. The molecule has 1 N–H and O–H groups in total. The van der Waals surface area contributed by atoms with Crippen LogP contribution >= 0.6 is 24.0 Å². The molecule has 0 radical (unpaired) electrons. The van der Waals surface area contributed by atoms with Gasteiger partial charge in [-0.2, -0.15) is 0 Å². The van der Waals surface area contributed by atoms with Crippen molar-refractivity contribution in [2.24, 2.45) is 7.05 Å². The zero-order chi connectivity index (χ0) is 26.3. The average molecular weight is 533 g/mol. The topological polar surface area (TPSA) is 93.6 Å². The molecular formula is C26H24N6O3S2. The Labute approximate surface area is 222 Å². The molecule has 1 saturated heterocycles. The Balaban J connectivity index is 1.61. The van der Waals surface area contributed by atoms with Crippen molar-refractivity contribution >= 4 is 57.4 Å². The van der Waals surface area contributed by atoms with Crippen LogP contribution in [0, 0.1) is 6.92 Å². The molecule has 1 aliphatic rings. The molecule has 4 aromatic rings. The maximum atomic E-state index is 13.6. The van der Waals surface area contributed by atoms with E-state index in [4.69, 9.17) is 12.2 Å². The number of pyridine rings is 1. The second-order valence-corrected chi connectivity index (χ2v) is 10.1. The Morgan fingerprint density at radius 3 is 2.51 bits per heavy atom. The molecule has 11 heteroatoms. The Hall–Kier alpha value is -3.96. The summed E-state index contributed by atoms with van der Waals surface area (Å²) in [5, 5.41) is 3.19. The molecule has 1 aliphatic heterocycles. The summed E-state index contributed by atoms with van der Waals surface area (Å²) in [4.78, 5) is 46.6. The van der Waals surface area contributed by atoms with Gasteiger partial charge in [-0.3, -0.25) is 28.4 Å². The van der Waals surface area contributed by atoms with Gasteiger partial charge in [0.25, 0.3) is 17.0 Å². The smallest absolute Gasteiger partial charge is 0.296 e. The number of rotatable bonds is 6. The highest BCUT2D eigenvalue weighted by molar-refractivity contribution is 8.27. The number of fused-ring (bicyclic) bond motifs is 1. The lowest BCUT2D eigenvalue weighted by molar-refractivity contribution is -0.113. The molecule has 1 fully saturated rings. The van der Waals surface area contributed by atoms with E-state index >= 15 is 0 Å². The number of aromatic nitrogens is 4. The maximum Gasteiger partial charge on any atom is 0.296 e. The summed E-state index contributed by atoms with van der Waals surface area (Å²) in [6, 6.07) is 14.5. The van der Waals surface area contributed by atoms with Gasteiger partial charge in [-0.25, -0.2) is 9.67 Å². The maximum absolute atomic E-state index is 13.6. The van der Waals surface area contributed by atoms with Crippen molar-refractivity contribution < 1.29 is 4.79 Å². The number of hydrogen-bond acceptors (Lipinski definition) is 7. The molecule has 0 unspecified atom stereocenters. The summed E-state index contributed by atoms with van der Waals surface area (Å²) >= 11 is 6.60. The number of carbonyl (C=O) groups excluding carboxylic acids is 1. The fourth-order valence-electron chi connectivity index (χ4n) is 4.21. The Morgan fingerprint density at radius 1 is 1.05 bits per heavy atom. The van der Waals surface area contributed by atoms with Crippen molar-refractivity contribution in [3.8, 4) is 5.69 Å². The number of hydrogen-bond donors (Lipinski definition) is 1. The monoisotopic (exact) mass is 532 g/mol. The first-order chi connectivity index (χ1) is 17.8. The van der Waals surface area contributed by atoms with Crippen LogP contribution in [0.1, 0.15) is 24.6 Å². The highest BCUT2D eigenvalue weighted by Gasteiger charge is 2.38. The number of anilines is 2. The van der Waals surface area contributed by atoms with Crippen LogP contribution in [0.3, 0.4) is 0 Å². The first-order valence-electron chi connectivity index (χ1n) is 11.7. The van der Waals surface area contributed by atoms with Crippen LogP contribution in [-0.4, -0.2) is 35.5 Å². The second kappa shape index (κ2) is 9.83. The quantitative estimate of drug-likeness (QED) is 0.299. The lowest BCUT2D eigenvalue weighted by Crippen LogP contribution is -2.33. The Morgan fingerprint density at radius 2 is 1.78 bits per heavy atom. The summed E-state index contributed by atoms with van der Waals surface area (Å²) in [6.45, 7) is 4.39. The first-order valence-corrected chi connectivity index (χ1v) is 12.9. The van der Waals surface area contributed by atoms with Gasteiger partial charge < -0.3 is 5.32 Å². The van der Waals surface area contributed by atoms with Gasteiger partial charge in [-0.05, 0) is 43.7 Å². The van der Waals surface area contributed by atoms with Crippen LogP contribution < -0.4 is 21.3 Å². The van der Waals surface area contributed by atoms with Gasteiger partial charge in [0.15, 0.2) is 4.32 Å². The molecule has 1 amide bonds. The van der Waals surface area contributed by atoms with E-state index < -0.39 is 5.91 Å². The van der Waals surface area contributed by atoms with Crippen molar-refractivity contribution in [2.75, 3.05) is 16.8 Å². The van der Waals surface area contributed by atoms with Crippen LogP contribution in [0.15, 0.2) is 69.2 Å². The predicted molar refractivity (Wildman–Crippen MR) is 152 cm³/mol. The summed E-state index contributed by atoms with van der Waals surface area (Å²) in [7, 11) is 1.76. The molecule has 3 aromatic heterocycles. The molecule has 0 atom stereocenters. The number of para-hydroxylation sites is 1. The third-order valence-corrected chi connectivity index (χ3v) is 7.43. The molecule has 1 aromatic carbocycles. The highest BCUT2D eigenvalue weighted by atomic mass is 32.2. The van der Waals surface area contributed by atoms with Crippen molar-refractivity contribution in [1.82, 2.24) is 18.7 Å². The van der Waals surface area contributed by atoms with E-state index in [-0.39, 0.29) is 31.6 Å². The first kappa shape index (κ1) is 24.7. The van der Waals surface area contributed by atoms with Crippen molar-refractivity contribution in [3.05, 3.63) is 91.6 Å². The highest BCUT2D eigenvalue weighted by Crippen LogP contribution is 2.36. The van der Waals surface area contributed by atoms with Gasteiger partial charge in [0, 0.05) is 19.8 Å². The number of nitrogens with zero attached hydrogens (tertiary/aromatic N) is 5. The van der Waals surface area contributed by atoms with E-state index in [0.717, 1.165) is 18.2 Å². The van der Waals surface area contributed by atoms with Gasteiger partial charge in [0.05, 0.1) is 21.8 Å².